The van der Waals surface area contributed by atoms with Crippen LogP contribution < -0.4 is 5.32 Å². The number of carbonyl (C=O) groups is 1. The van der Waals surface area contributed by atoms with Crippen LogP contribution in [0.2, 0.25) is 5.02 Å². The Hall–Kier alpha value is -3.42. The molecule has 0 aliphatic rings. The van der Waals surface area contributed by atoms with Gasteiger partial charge in [0.1, 0.15) is 0 Å². The Balaban J connectivity index is 1.32. The molecule has 0 bridgehead atoms. The minimum Gasteiger partial charge on any atom is -0.411 e. The molecule has 0 fully saturated rings. The number of thioether (sulfide) groups is 1. The molecule has 3 aromatic carbocycles. The van der Waals surface area contributed by atoms with E-state index in [9.17, 15) is 4.79 Å². The van der Waals surface area contributed by atoms with Crippen molar-refractivity contribution in [3.63, 3.8) is 0 Å². The highest BCUT2D eigenvalue weighted by molar-refractivity contribution is 7.99. The number of benzene rings is 3. The van der Waals surface area contributed by atoms with Crippen molar-refractivity contribution >= 4 is 46.9 Å². The Labute approximate surface area is 194 Å². The topological polar surface area (TPSA) is 80.4 Å². The summed E-state index contributed by atoms with van der Waals surface area (Å²) < 4.78 is 5.68. The van der Waals surface area contributed by atoms with E-state index in [-0.39, 0.29) is 11.7 Å². The highest BCUT2D eigenvalue weighted by Gasteiger charge is 2.11. The van der Waals surface area contributed by atoms with Crippen molar-refractivity contribution in [1.82, 2.24) is 10.2 Å². The molecule has 6 nitrogen and oxygen atoms in total. The number of rotatable bonds is 7. The normalized spacial score (nSPS) is 11.1. The standard InChI is InChI=1S/C24H19ClN4O2S/c1-16-2-10-21(11-3-16)27-22(30)15-32-24-29-28-23(31-24)18-6-12-20(13-7-18)26-14-17-4-8-19(25)9-5-17/h2-14H,15H2,1H3,(H,27,30). The molecule has 4 aromatic rings. The van der Waals surface area contributed by atoms with Crippen molar-refractivity contribution in [3.05, 3.63) is 88.9 Å². The van der Waals surface area contributed by atoms with Crippen LogP contribution in [0.4, 0.5) is 11.4 Å². The van der Waals surface area contributed by atoms with Gasteiger partial charge in [0.15, 0.2) is 0 Å². The Bertz CT molecular complexity index is 1220. The molecule has 0 saturated heterocycles. The molecule has 0 radical (unpaired) electrons. The Kier molecular flexibility index (Phi) is 6.99. The first-order valence-electron chi connectivity index (χ1n) is 9.78. The van der Waals surface area contributed by atoms with Crippen molar-refractivity contribution in [3.8, 4) is 11.5 Å². The Morgan fingerprint density at radius 3 is 2.47 bits per heavy atom. The van der Waals surface area contributed by atoms with Gasteiger partial charge in [-0.3, -0.25) is 9.79 Å². The second kappa shape index (κ2) is 10.3. The molecule has 1 amide bonds. The second-order valence-corrected chi connectivity index (χ2v) is 8.30. The van der Waals surface area contributed by atoms with Crippen LogP contribution in [-0.2, 0) is 4.79 Å². The first kappa shape index (κ1) is 21.8. The Morgan fingerprint density at radius 2 is 1.75 bits per heavy atom. The van der Waals surface area contributed by atoms with Gasteiger partial charge < -0.3 is 9.73 Å². The van der Waals surface area contributed by atoms with Gasteiger partial charge >= 0.3 is 0 Å². The summed E-state index contributed by atoms with van der Waals surface area (Å²) in [4.78, 5) is 16.6. The van der Waals surface area contributed by atoms with E-state index in [1.807, 2.05) is 79.7 Å². The number of aliphatic imine (C=N–C) groups is 1. The molecule has 0 atom stereocenters. The highest BCUT2D eigenvalue weighted by atomic mass is 35.5. The predicted molar refractivity (Wildman–Crippen MR) is 129 cm³/mol. The van der Waals surface area contributed by atoms with Crippen molar-refractivity contribution in [1.29, 1.82) is 0 Å². The van der Waals surface area contributed by atoms with Crippen molar-refractivity contribution in [2.75, 3.05) is 11.1 Å². The predicted octanol–water partition coefficient (Wildman–Crippen LogP) is 6.18. The number of hydrogen-bond donors (Lipinski definition) is 1. The molecule has 0 aliphatic heterocycles. The molecule has 0 unspecified atom stereocenters. The van der Waals surface area contributed by atoms with E-state index in [0.29, 0.717) is 16.1 Å². The van der Waals surface area contributed by atoms with Crippen molar-refractivity contribution in [2.45, 2.75) is 12.1 Å². The molecule has 1 N–H and O–H groups in total. The number of amides is 1. The molecule has 8 heteroatoms. The monoisotopic (exact) mass is 462 g/mol. The van der Waals surface area contributed by atoms with Gasteiger partial charge in [-0.2, -0.15) is 0 Å². The minimum atomic E-state index is -0.137. The average molecular weight is 463 g/mol. The molecule has 0 spiro atoms. The summed E-state index contributed by atoms with van der Waals surface area (Å²) in [6.07, 6.45) is 1.77. The van der Waals surface area contributed by atoms with Crippen LogP contribution in [0, 0.1) is 6.92 Å². The quantitative estimate of drug-likeness (QED) is 0.262. The fourth-order valence-electron chi connectivity index (χ4n) is 2.73. The smallest absolute Gasteiger partial charge is 0.277 e. The van der Waals surface area contributed by atoms with Gasteiger partial charge in [-0.25, -0.2) is 0 Å². The summed E-state index contributed by atoms with van der Waals surface area (Å²) in [5.74, 6) is 0.426. The van der Waals surface area contributed by atoms with Gasteiger partial charge in [0.25, 0.3) is 5.22 Å². The summed E-state index contributed by atoms with van der Waals surface area (Å²) in [5, 5.41) is 12.0. The summed E-state index contributed by atoms with van der Waals surface area (Å²) in [6, 6.07) is 22.5. The molecule has 1 heterocycles. The van der Waals surface area contributed by atoms with Crippen LogP contribution in [0.15, 0.2) is 87.4 Å². The van der Waals surface area contributed by atoms with Crippen molar-refractivity contribution in [2.24, 2.45) is 4.99 Å². The molecular weight excluding hydrogens is 444 g/mol. The third kappa shape index (κ3) is 6.06. The molecule has 4 rings (SSSR count). The third-order valence-electron chi connectivity index (χ3n) is 4.42. The zero-order chi connectivity index (χ0) is 22.3. The molecule has 160 valence electrons. The van der Waals surface area contributed by atoms with E-state index >= 15 is 0 Å². The van der Waals surface area contributed by atoms with Crippen LogP contribution in [0.3, 0.4) is 0 Å². The molecular formula is C24H19ClN4O2S. The number of nitrogens with one attached hydrogen (secondary N) is 1. The lowest BCUT2D eigenvalue weighted by molar-refractivity contribution is -0.113. The lowest BCUT2D eigenvalue weighted by Gasteiger charge is -2.04. The van der Waals surface area contributed by atoms with Crippen LogP contribution in [-0.4, -0.2) is 28.1 Å². The van der Waals surface area contributed by atoms with Gasteiger partial charge in [0.05, 0.1) is 11.4 Å². The molecule has 0 aliphatic carbocycles. The first-order valence-corrected chi connectivity index (χ1v) is 11.1. The van der Waals surface area contributed by atoms with E-state index in [2.05, 4.69) is 20.5 Å². The number of halogens is 1. The number of carbonyl (C=O) groups excluding carboxylic acids is 1. The van der Waals surface area contributed by atoms with Gasteiger partial charge in [0.2, 0.25) is 11.8 Å². The zero-order valence-corrected chi connectivity index (χ0v) is 18.7. The number of aromatic nitrogens is 2. The van der Waals surface area contributed by atoms with Gasteiger partial charge in [-0.15, -0.1) is 10.2 Å². The third-order valence-corrected chi connectivity index (χ3v) is 5.49. The highest BCUT2D eigenvalue weighted by Crippen LogP contribution is 2.25. The minimum absolute atomic E-state index is 0.137. The SMILES string of the molecule is Cc1ccc(NC(=O)CSc2nnc(-c3ccc(N=Cc4ccc(Cl)cc4)cc3)o2)cc1. The largest absolute Gasteiger partial charge is 0.411 e. The summed E-state index contributed by atoms with van der Waals surface area (Å²) in [7, 11) is 0. The van der Waals surface area contributed by atoms with Gasteiger partial charge in [-0.1, -0.05) is 53.2 Å². The van der Waals surface area contributed by atoms with Crippen LogP contribution >= 0.6 is 23.4 Å². The Morgan fingerprint density at radius 1 is 1.03 bits per heavy atom. The summed E-state index contributed by atoms with van der Waals surface area (Å²) in [6.45, 7) is 2.00. The number of aryl methyl sites for hydroxylation is 1. The van der Waals surface area contributed by atoms with Crippen LogP contribution in [0.1, 0.15) is 11.1 Å². The van der Waals surface area contributed by atoms with Crippen LogP contribution in [0.5, 0.6) is 0 Å². The van der Waals surface area contributed by atoms with E-state index in [1.165, 1.54) is 11.8 Å². The van der Waals surface area contributed by atoms with E-state index in [0.717, 1.165) is 28.1 Å². The van der Waals surface area contributed by atoms with E-state index in [1.54, 1.807) is 6.21 Å². The first-order chi connectivity index (χ1) is 15.5. The van der Waals surface area contributed by atoms with E-state index < -0.39 is 0 Å². The maximum absolute atomic E-state index is 12.1. The fraction of sp³-hybridized carbons (Fsp3) is 0.0833. The molecule has 0 saturated carbocycles. The zero-order valence-electron chi connectivity index (χ0n) is 17.2. The van der Waals surface area contributed by atoms with E-state index in [4.69, 9.17) is 16.0 Å². The van der Waals surface area contributed by atoms with Gasteiger partial charge in [-0.05, 0) is 61.0 Å². The maximum atomic E-state index is 12.1. The maximum Gasteiger partial charge on any atom is 0.277 e. The van der Waals surface area contributed by atoms with Crippen LogP contribution in [0.25, 0.3) is 11.5 Å². The second-order valence-electron chi connectivity index (χ2n) is 6.93. The number of nitrogens with zero attached hydrogens (tertiary/aromatic N) is 3. The summed E-state index contributed by atoms with van der Waals surface area (Å²) >= 11 is 7.08. The lowest BCUT2D eigenvalue weighted by atomic mass is 10.2. The number of anilines is 1. The molecule has 1 aromatic heterocycles. The van der Waals surface area contributed by atoms with Gasteiger partial charge in [0, 0.05) is 22.5 Å². The van der Waals surface area contributed by atoms with Crippen molar-refractivity contribution < 1.29 is 9.21 Å². The lowest BCUT2D eigenvalue weighted by Crippen LogP contribution is -2.13. The average Bonchev–Trinajstić information content (AvgIpc) is 3.28. The molecule has 32 heavy (non-hydrogen) atoms. The summed E-state index contributed by atoms with van der Waals surface area (Å²) in [5.41, 5.74) is 4.43. The number of hydrogen-bond acceptors (Lipinski definition) is 6. The fourth-order valence-corrected chi connectivity index (χ4v) is 3.42.